The van der Waals surface area contributed by atoms with Gasteiger partial charge < -0.3 is 5.11 Å². The molecule has 1 aromatic heterocycles. The molecule has 3 rings (SSSR count). The zero-order valence-corrected chi connectivity index (χ0v) is 9.25. The minimum absolute atomic E-state index is 0.0997. The maximum Gasteiger partial charge on any atom is 0.335 e. The van der Waals surface area contributed by atoms with Crippen molar-refractivity contribution in [3.05, 3.63) is 35.4 Å². The van der Waals surface area contributed by atoms with Crippen molar-refractivity contribution in [2.24, 2.45) is 0 Å². The lowest BCUT2D eigenvalue weighted by Gasteiger charge is -2.05. The minimum atomic E-state index is -1.17. The van der Waals surface area contributed by atoms with Gasteiger partial charge >= 0.3 is 5.97 Å². The summed E-state index contributed by atoms with van der Waals surface area (Å²) in [6.45, 7) is 0. The molecular weight excluding hydrogens is 239 g/mol. The van der Waals surface area contributed by atoms with E-state index in [-0.39, 0.29) is 17.2 Å². The van der Waals surface area contributed by atoms with Crippen LogP contribution in [0.2, 0.25) is 0 Å². The number of carbonyl (C=O) groups is 1. The summed E-state index contributed by atoms with van der Waals surface area (Å²) >= 11 is 0. The number of aromatic carboxylic acids is 1. The summed E-state index contributed by atoms with van der Waals surface area (Å²) in [6, 6.07) is 3.68. The molecule has 1 saturated carbocycles. The molecule has 0 saturated heterocycles. The first-order valence-corrected chi connectivity index (χ1v) is 5.48. The van der Waals surface area contributed by atoms with Crippen molar-refractivity contribution in [3.63, 3.8) is 0 Å². The third-order valence-electron chi connectivity index (χ3n) is 2.86. The van der Waals surface area contributed by atoms with Crippen LogP contribution >= 0.6 is 0 Å². The number of carboxylic acid groups (broad SMARTS) is 1. The van der Waals surface area contributed by atoms with Crippen LogP contribution in [-0.2, 0) is 0 Å². The van der Waals surface area contributed by atoms with Gasteiger partial charge in [0.1, 0.15) is 11.5 Å². The SMILES string of the molecule is O=C(O)c1ccc(-n2nnnc2C2CC2)c(F)c1. The molecule has 1 aromatic carbocycles. The largest absolute Gasteiger partial charge is 0.478 e. The molecule has 1 fully saturated rings. The summed E-state index contributed by atoms with van der Waals surface area (Å²) in [6.07, 6.45) is 1.99. The van der Waals surface area contributed by atoms with Crippen LogP contribution in [0.15, 0.2) is 18.2 Å². The number of hydrogen-bond acceptors (Lipinski definition) is 4. The first kappa shape index (κ1) is 10.8. The number of aromatic nitrogens is 4. The van der Waals surface area contributed by atoms with Gasteiger partial charge in [-0.3, -0.25) is 0 Å². The third-order valence-corrected chi connectivity index (χ3v) is 2.86. The number of nitrogens with zero attached hydrogens (tertiary/aromatic N) is 4. The average Bonchev–Trinajstić information content (AvgIpc) is 3.07. The predicted octanol–water partition coefficient (Wildman–Crippen LogP) is 1.38. The molecule has 6 nitrogen and oxygen atoms in total. The van der Waals surface area contributed by atoms with E-state index in [4.69, 9.17) is 5.11 Å². The number of tetrazole rings is 1. The van der Waals surface area contributed by atoms with Crippen molar-refractivity contribution < 1.29 is 14.3 Å². The van der Waals surface area contributed by atoms with Crippen molar-refractivity contribution in [3.8, 4) is 5.69 Å². The highest BCUT2D eigenvalue weighted by Crippen LogP contribution is 2.39. The Morgan fingerprint density at radius 3 is 2.83 bits per heavy atom. The highest BCUT2D eigenvalue weighted by atomic mass is 19.1. The van der Waals surface area contributed by atoms with Gasteiger partial charge in [-0.2, -0.15) is 4.68 Å². The van der Waals surface area contributed by atoms with E-state index in [0.29, 0.717) is 5.82 Å². The van der Waals surface area contributed by atoms with Crippen LogP contribution in [0, 0.1) is 5.82 Å². The maximum absolute atomic E-state index is 13.9. The standard InChI is InChI=1S/C11H9FN4O2/c12-8-5-7(11(17)18)3-4-9(8)16-10(6-1-2-6)13-14-15-16/h3-6H,1-2H2,(H,17,18). The molecule has 0 bridgehead atoms. The fourth-order valence-electron chi connectivity index (χ4n) is 1.77. The highest BCUT2D eigenvalue weighted by molar-refractivity contribution is 5.87. The van der Waals surface area contributed by atoms with Gasteiger partial charge in [-0.15, -0.1) is 5.10 Å². The number of rotatable bonds is 3. The quantitative estimate of drug-likeness (QED) is 0.887. The number of halogens is 1. The van der Waals surface area contributed by atoms with Crippen molar-refractivity contribution in [1.82, 2.24) is 20.2 Å². The van der Waals surface area contributed by atoms with Crippen LogP contribution in [0.1, 0.15) is 34.9 Å². The van der Waals surface area contributed by atoms with Gasteiger partial charge in [-0.25, -0.2) is 9.18 Å². The monoisotopic (exact) mass is 248 g/mol. The Balaban J connectivity index is 2.06. The van der Waals surface area contributed by atoms with Crippen LogP contribution in [0.5, 0.6) is 0 Å². The molecule has 0 amide bonds. The second kappa shape index (κ2) is 3.86. The summed E-state index contributed by atoms with van der Waals surface area (Å²) < 4.78 is 15.2. The fourth-order valence-corrected chi connectivity index (χ4v) is 1.77. The molecule has 2 aromatic rings. The summed E-state index contributed by atoms with van der Waals surface area (Å²) in [5, 5.41) is 19.9. The Kier molecular flexibility index (Phi) is 2.32. The molecule has 0 radical (unpaired) electrons. The van der Waals surface area contributed by atoms with Crippen LogP contribution in [-0.4, -0.2) is 31.3 Å². The van der Waals surface area contributed by atoms with Crippen LogP contribution in [0.4, 0.5) is 4.39 Å². The smallest absolute Gasteiger partial charge is 0.335 e. The van der Waals surface area contributed by atoms with E-state index >= 15 is 0 Å². The lowest BCUT2D eigenvalue weighted by molar-refractivity contribution is 0.0696. The van der Waals surface area contributed by atoms with Gasteiger partial charge in [0.2, 0.25) is 0 Å². The lowest BCUT2D eigenvalue weighted by Crippen LogP contribution is -2.06. The maximum atomic E-state index is 13.9. The lowest BCUT2D eigenvalue weighted by atomic mass is 10.2. The van der Waals surface area contributed by atoms with E-state index in [1.165, 1.54) is 16.8 Å². The molecule has 1 heterocycles. The third kappa shape index (κ3) is 1.73. The number of hydrogen-bond donors (Lipinski definition) is 1. The first-order chi connectivity index (χ1) is 8.66. The normalized spacial score (nSPS) is 14.7. The summed E-state index contributed by atoms with van der Waals surface area (Å²) in [5.41, 5.74) is 0.0733. The highest BCUT2D eigenvalue weighted by Gasteiger charge is 2.30. The van der Waals surface area contributed by atoms with Gasteiger partial charge in [0, 0.05) is 5.92 Å². The first-order valence-electron chi connectivity index (χ1n) is 5.48. The Bertz CT molecular complexity index is 621. The van der Waals surface area contributed by atoms with E-state index in [1.807, 2.05) is 0 Å². The van der Waals surface area contributed by atoms with Crippen molar-refractivity contribution >= 4 is 5.97 Å². The topological polar surface area (TPSA) is 80.9 Å². The van der Waals surface area contributed by atoms with Crippen molar-refractivity contribution in [1.29, 1.82) is 0 Å². The Morgan fingerprint density at radius 2 is 2.22 bits per heavy atom. The average molecular weight is 248 g/mol. The van der Waals surface area contributed by atoms with Gasteiger partial charge in [0.15, 0.2) is 5.82 Å². The summed E-state index contributed by atoms with van der Waals surface area (Å²) in [5.74, 6) is -0.917. The molecule has 18 heavy (non-hydrogen) atoms. The summed E-state index contributed by atoms with van der Waals surface area (Å²) in [7, 11) is 0. The zero-order valence-electron chi connectivity index (χ0n) is 9.25. The van der Waals surface area contributed by atoms with Gasteiger partial charge in [-0.1, -0.05) is 0 Å². The van der Waals surface area contributed by atoms with Crippen molar-refractivity contribution in [2.45, 2.75) is 18.8 Å². The molecule has 92 valence electrons. The molecule has 0 aliphatic heterocycles. The number of carboxylic acids is 1. The van der Waals surface area contributed by atoms with Crippen LogP contribution in [0.3, 0.4) is 0 Å². The van der Waals surface area contributed by atoms with Gasteiger partial charge in [0.25, 0.3) is 0 Å². The Hall–Kier alpha value is -2.31. The molecule has 0 atom stereocenters. The molecule has 1 aliphatic carbocycles. The van der Waals surface area contributed by atoms with E-state index in [1.54, 1.807) is 0 Å². The molecular formula is C11H9FN4O2. The van der Waals surface area contributed by atoms with E-state index in [2.05, 4.69) is 15.5 Å². The van der Waals surface area contributed by atoms with Gasteiger partial charge in [0.05, 0.1) is 5.56 Å². The number of benzene rings is 1. The molecule has 1 N–H and O–H groups in total. The van der Waals surface area contributed by atoms with E-state index < -0.39 is 11.8 Å². The zero-order chi connectivity index (χ0) is 12.7. The Morgan fingerprint density at radius 1 is 1.44 bits per heavy atom. The minimum Gasteiger partial charge on any atom is -0.478 e. The van der Waals surface area contributed by atoms with Gasteiger partial charge in [-0.05, 0) is 41.5 Å². The Labute approximate surface area is 101 Å². The van der Waals surface area contributed by atoms with E-state index in [0.717, 1.165) is 18.9 Å². The van der Waals surface area contributed by atoms with Crippen LogP contribution in [0.25, 0.3) is 5.69 Å². The molecule has 0 unspecified atom stereocenters. The summed E-state index contributed by atoms with van der Waals surface area (Å²) in [4.78, 5) is 10.7. The van der Waals surface area contributed by atoms with E-state index in [9.17, 15) is 9.18 Å². The molecule has 7 heteroatoms. The van der Waals surface area contributed by atoms with Crippen molar-refractivity contribution in [2.75, 3.05) is 0 Å². The second-order valence-electron chi connectivity index (χ2n) is 4.19. The second-order valence-corrected chi connectivity index (χ2v) is 4.19. The fraction of sp³-hybridized carbons (Fsp3) is 0.273. The molecule has 1 aliphatic rings. The van der Waals surface area contributed by atoms with Crippen LogP contribution < -0.4 is 0 Å². The predicted molar refractivity (Wildman–Crippen MR) is 58.0 cm³/mol. The molecule has 0 spiro atoms.